The van der Waals surface area contributed by atoms with Crippen LogP contribution < -0.4 is 15.1 Å². The van der Waals surface area contributed by atoms with Gasteiger partial charge in [-0.1, -0.05) is 313 Å². The maximum absolute atomic E-state index is 7.02. The van der Waals surface area contributed by atoms with E-state index in [0.29, 0.717) is 0 Å². The summed E-state index contributed by atoms with van der Waals surface area (Å²) in [4.78, 5) is 5.31. The minimum Gasteiger partial charge on any atom is -0.454 e. The molecule has 0 amide bonds. The highest BCUT2D eigenvalue weighted by atomic mass is 16.3. The van der Waals surface area contributed by atoms with Crippen LogP contribution in [0.3, 0.4) is 0 Å². The van der Waals surface area contributed by atoms with Gasteiger partial charge in [-0.2, -0.15) is 0 Å². The van der Waals surface area contributed by atoms with Crippen LogP contribution in [0.2, 0.25) is 0 Å². The van der Waals surface area contributed by atoms with Gasteiger partial charge in [0, 0.05) is 60.3 Å². The number of fused-ring (bicyclic) bond motifs is 32. The van der Waals surface area contributed by atoms with E-state index in [1.165, 1.54) is 161 Å². The molecule has 8 heterocycles. The van der Waals surface area contributed by atoms with Crippen molar-refractivity contribution in [3.8, 4) is 33.6 Å². The molecule has 548 valence electrons. The fourth-order valence-electron chi connectivity index (χ4n) is 24.1. The summed E-state index contributed by atoms with van der Waals surface area (Å²) >= 11 is 0. The fraction of sp³-hybridized carbons (Fsp3) is 0.109. The minimum absolute atomic E-state index is 0.0349. The Labute approximate surface area is 672 Å². The van der Waals surface area contributed by atoms with E-state index < -0.39 is 16.4 Å². The molecule has 1 N–H and O–H groups in total. The van der Waals surface area contributed by atoms with Crippen LogP contribution in [-0.2, 0) is 21.7 Å². The van der Waals surface area contributed by atoms with Gasteiger partial charge in [0.25, 0.3) is 0 Å². The molecular weight excluding hydrogens is 1410 g/mol. The lowest BCUT2D eigenvalue weighted by atomic mass is 9.55. The number of anilines is 4. The quantitative estimate of drug-likeness (QED) is 0.186. The summed E-state index contributed by atoms with van der Waals surface area (Å²) in [5.74, 6) is 1.10. The Bertz CT molecular complexity index is 7630. The summed E-state index contributed by atoms with van der Waals surface area (Å²) in [5.41, 5.74) is 36.5. The van der Waals surface area contributed by atoms with Gasteiger partial charge in [0.05, 0.1) is 72.9 Å². The van der Waals surface area contributed by atoms with E-state index in [-0.39, 0.29) is 22.8 Å². The van der Waals surface area contributed by atoms with Crippen molar-refractivity contribution in [3.63, 3.8) is 0 Å². The predicted octanol–water partition coefficient (Wildman–Crippen LogP) is 26.7. The first-order valence-corrected chi connectivity index (χ1v) is 41.1. The van der Waals surface area contributed by atoms with Crippen molar-refractivity contribution < 1.29 is 4.42 Å². The molecule has 0 fully saturated rings. The zero-order valence-corrected chi connectivity index (χ0v) is 64.9. The number of nitrogens with zero attached hydrogens (tertiary/aromatic N) is 4. The Morgan fingerprint density at radius 1 is 0.371 bits per heavy atom. The van der Waals surface area contributed by atoms with Crippen LogP contribution >= 0.6 is 0 Å². The van der Waals surface area contributed by atoms with Crippen molar-refractivity contribution in [1.82, 2.24) is 14.5 Å². The second-order valence-electron chi connectivity index (χ2n) is 34.7. The first-order valence-electron chi connectivity index (χ1n) is 41.1. The van der Waals surface area contributed by atoms with Crippen molar-refractivity contribution in [2.45, 2.75) is 67.9 Å². The van der Waals surface area contributed by atoms with Crippen molar-refractivity contribution in [2.24, 2.45) is 5.92 Å². The standard InChI is InChI=1S/C110H77N5O/c1-106(2)80-42-15-20-49-92(80)114(96-53-28-39-74-71-34-12-24-54-97(71)116-105(74)96)104-86(106)57-56-84-100(104)75-35-9-13-40-78(75)109(84)82-44-17-21-50-93(82)113-91-59-55-68(62-77(91)73-38-27-46-87(109)103(73)113)66-31-25-32-67(61-66)69-63-89(65-29-7-6-8-30-65)111-99(64-69)115-95-52-23-16-43-81(95)107(3,4)98-60-58-85-101(108(98,115)5)76-36-10-14-41-79(76)110(85)83-45-18-22-51-94(83)112-90-48-19-11-33-70(90)72-37-26-47-88(110)102(72)112/h6-64,89,98,111H,1-5H3. The Balaban J connectivity index is 0.647. The highest BCUT2D eigenvalue weighted by Gasteiger charge is 2.63. The van der Waals surface area contributed by atoms with Crippen LogP contribution in [0.15, 0.2) is 374 Å². The number of benzene rings is 15. The molecule has 15 aromatic carbocycles. The van der Waals surface area contributed by atoms with Gasteiger partial charge in [-0.25, -0.2) is 0 Å². The Kier molecular flexibility index (Phi) is 12.5. The van der Waals surface area contributed by atoms with Crippen LogP contribution in [0.4, 0.5) is 22.7 Å². The number of nitrogens with one attached hydrogen (secondary N) is 1. The SMILES string of the molecule is CC1(C)c2ccccc2N(c2cccc3c2oc2ccccc23)c2c1ccc1c2-c2ccccc2C12c1ccccc1-n1c3ccc(-c4cccc(C5=CC(c6ccccc6)NC(N6c7ccccc7C(C)(C)C7C=CC8=C(c9ccccc9C89c8ccccc8-n8c%10ccccc%10c%10cccc9c%108)C76C)=C5)c4)cc3c3cccc2c31. The zero-order chi connectivity index (χ0) is 76.6. The molecule has 18 aromatic rings. The van der Waals surface area contributed by atoms with Crippen LogP contribution in [0.1, 0.15) is 113 Å². The summed E-state index contributed by atoms with van der Waals surface area (Å²) < 4.78 is 12.2. The minimum atomic E-state index is -0.689. The molecule has 3 aliphatic carbocycles. The number of aromatic nitrogens is 2. The van der Waals surface area contributed by atoms with Gasteiger partial charge in [0.2, 0.25) is 0 Å². The summed E-state index contributed by atoms with van der Waals surface area (Å²) in [5, 5.41) is 11.6. The number of rotatable bonds is 5. The van der Waals surface area contributed by atoms with Crippen molar-refractivity contribution >= 4 is 99.4 Å². The van der Waals surface area contributed by atoms with Gasteiger partial charge >= 0.3 is 0 Å². The fourth-order valence-corrected chi connectivity index (χ4v) is 24.1. The number of hydrogen-bond acceptors (Lipinski definition) is 4. The number of hydrogen-bond donors (Lipinski definition) is 1. The number of allylic oxidation sites excluding steroid dienone is 4. The van der Waals surface area contributed by atoms with Gasteiger partial charge in [-0.15, -0.1) is 0 Å². The second kappa shape index (κ2) is 22.5. The highest BCUT2D eigenvalue weighted by Crippen LogP contribution is 2.70. The summed E-state index contributed by atoms with van der Waals surface area (Å²) in [7, 11) is 0. The Hall–Kier alpha value is -13.9. The molecule has 8 aliphatic rings. The van der Waals surface area contributed by atoms with Crippen molar-refractivity contribution in [3.05, 3.63) is 442 Å². The smallest absolute Gasteiger partial charge is 0.159 e. The van der Waals surface area contributed by atoms with Gasteiger partial charge < -0.3 is 28.7 Å². The summed E-state index contributed by atoms with van der Waals surface area (Å²) in [6.45, 7) is 12.4. The maximum Gasteiger partial charge on any atom is 0.159 e. The van der Waals surface area contributed by atoms with Crippen LogP contribution in [-0.4, -0.2) is 14.7 Å². The Morgan fingerprint density at radius 3 is 1.69 bits per heavy atom. The maximum atomic E-state index is 7.02. The largest absolute Gasteiger partial charge is 0.454 e. The van der Waals surface area contributed by atoms with Crippen LogP contribution in [0.25, 0.3) is 110 Å². The molecular formula is C110H77N5O. The molecule has 3 aromatic heterocycles. The molecule has 5 atom stereocenters. The number of para-hydroxylation sites is 9. The van der Waals surface area contributed by atoms with Gasteiger partial charge in [-0.3, -0.25) is 0 Å². The summed E-state index contributed by atoms with van der Waals surface area (Å²) in [6.07, 6.45) is 10.1. The third kappa shape index (κ3) is 7.79. The van der Waals surface area contributed by atoms with E-state index in [1.54, 1.807) is 0 Å². The summed E-state index contributed by atoms with van der Waals surface area (Å²) in [6, 6.07) is 127. The second-order valence-corrected chi connectivity index (χ2v) is 34.7. The number of dihydropyridines is 1. The first-order chi connectivity index (χ1) is 57.0. The van der Waals surface area contributed by atoms with Gasteiger partial charge in [0.15, 0.2) is 5.58 Å². The van der Waals surface area contributed by atoms with E-state index in [2.05, 4.69) is 417 Å². The molecule has 0 radical (unpaired) electrons. The first kappa shape index (κ1) is 64.6. The number of furan rings is 1. The van der Waals surface area contributed by atoms with E-state index in [1.807, 2.05) is 0 Å². The molecule has 0 bridgehead atoms. The third-order valence-electron chi connectivity index (χ3n) is 28.7. The molecule has 2 spiro atoms. The molecule has 6 nitrogen and oxygen atoms in total. The average molecular weight is 1480 g/mol. The molecule has 116 heavy (non-hydrogen) atoms. The average Bonchev–Trinajstić information content (AvgIpc) is 1.48. The molecule has 0 saturated carbocycles. The van der Waals surface area contributed by atoms with Crippen molar-refractivity contribution in [2.75, 3.05) is 9.80 Å². The van der Waals surface area contributed by atoms with Crippen molar-refractivity contribution in [1.29, 1.82) is 0 Å². The Morgan fingerprint density at radius 2 is 0.914 bits per heavy atom. The lowest BCUT2D eigenvalue weighted by molar-refractivity contribution is 0.259. The molecule has 6 heteroatoms. The molecule has 0 saturated heterocycles. The lowest BCUT2D eigenvalue weighted by Gasteiger charge is -2.60. The van der Waals surface area contributed by atoms with E-state index in [4.69, 9.17) is 4.42 Å². The lowest BCUT2D eigenvalue weighted by Crippen LogP contribution is -2.63. The van der Waals surface area contributed by atoms with Crippen LogP contribution in [0.5, 0.6) is 0 Å². The van der Waals surface area contributed by atoms with E-state index >= 15 is 0 Å². The zero-order valence-electron chi connectivity index (χ0n) is 64.9. The predicted molar refractivity (Wildman–Crippen MR) is 477 cm³/mol. The normalized spacial score (nSPS) is 20.8. The van der Waals surface area contributed by atoms with E-state index in [0.717, 1.165) is 55.8 Å². The van der Waals surface area contributed by atoms with Gasteiger partial charge in [0.1, 0.15) is 11.4 Å². The van der Waals surface area contributed by atoms with E-state index in [9.17, 15) is 0 Å². The highest BCUT2D eigenvalue weighted by molar-refractivity contribution is 6.17. The molecule has 5 unspecified atom stereocenters. The topological polar surface area (TPSA) is 41.5 Å². The van der Waals surface area contributed by atoms with Gasteiger partial charge in [-0.05, 0) is 185 Å². The third-order valence-corrected chi connectivity index (χ3v) is 28.7. The molecule has 26 rings (SSSR count). The monoisotopic (exact) mass is 1480 g/mol. The van der Waals surface area contributed by atoms with Crippen LogP contribution in [0, 0.1) is 5.92 Å². The molecule has 5 aliphatic heterocycles.